The van der Waals surface area contributed by atoms with E-state index in [2.05, 4.69) is 38.7 Å². The molecule has 0 saturated heterocycles. The molecule has 3 rings (SSSR count). The van der Waals surface area contributed by atoms with Crippen LogP contribution in [0, 0.1) is 0 Å². The monoisotopic (exact) mass is 364 g/mol. The Kier molecular flexibility index (Phi) is 7.10. The van der Waals surface area contributed by atoms with Gasteiger partial charge in [0, 0.05) is 50.3 Å². The molecule has 8 nitrogen and oxygen atoms in total. The summed E-state index contributed by atoms with van der Waals surface area (Å²) in [6, 6.07) is 5.49. The van der Waals surface area contributed by atoms with Gasteiger partial charge in [-0.25, -0.2) is 29.9 Å². The average molecular weight is 364 g/mol. The first kappa shape index (κ1) is 18.5. The van der Waals surface area contributed by atoms with Crippen LogP contribution in [0.1, 0.15) is 17.5 Å². The minimum absolute atomic E-state index is 0.663. The molecule has 3 heterocycles. The molecule has 0 bridgehead atoms. The zero-order chi connectivity index (χ0) is 18.0. The topological polar surface area (TPSA) is 83.8 Å². The zero-order valence-corrected chi connectivity index (χ0v) is 16.8. The Bertz CT molecular complexity index is 718. The van der Waals surface area contributed by atoms with Crippen molar-refractivity contribution in [1.29, 1.82) is 0 Å². The van der Waals surface area contributed by atoms with Gasteiger partial charge in [0.1, 0.15) is 17.5 Å². The maximum atomic E-state index is 4.34. The summed E-state index contributed by atoms with van der Waals surface area (Å²) in [6.07, 6.45) is 10.6. The first-order valence-corrected chi connectivity index (χ1v) is 9.37. The molecule has 3 aromatic rings. The molecule has 0 aliphatic rings. The lowest BCUT2D eigenvalue weighted by molar-refractivity contribution is 0.223. The van der Waals surface area contributed by atoms with Crippen molar-refractivity contribution in [2.45, 2.75) is 19.6 Å². The highest BCUT2D eigenvalue weighted by atomic mass is 27.1. The van der Waals surface area contributed by atoms with Crippen LogP contribution in [0.5, 0.6) is 0 Å². The lowest BCUT2D eigenvalue weighted by atomic mass is 10.4. The molecular weight excluding hydrogens is 343 g/mol. The van der Waals surface area contributed by atoms with Gasteiger partial charge in [-0.2, -0.15) is 0 Å². The number of hydrogen-bond donors (Lipinski definition) is 0. The maximum absolute atomic E-state index is 4.34. The molecule has 0 aliphatic heterocycles. The second kappa shape index (κ2) is 9.99. The Labute approximate surface area is 161 Å². The third-order valence-electron chi connectivity index (χ3n) is 3.80. The molecule has 0 aromatic carbocycles. The molecule has 0 N–H and O–H groups in total. The van der Waals surface area contributed by atoms with Crippen molar-refractivity contribution in [3.05, 3.63) is 72.9 Å². The van der Waals surface area contributed by atoms with Crippen LogP contribution in [-0.4, -0.2) is 68.3 Å². The molecule has 9 heteroatoms. The van der Waals surface area contributed by atoms with Gasteiger partial charge >= 0.3 is 16.5 Å². The second-order valence-electron chi connectivity index (χ2n) is 5.94. The Morgan fingerprint density at radius 2 is 0.962 bits per heavy atom. The summed E-state index contributed by atoms with van der Waals surface area (Å²) >= 11 is 0.939. The van der Waals surface area contributed by atoms with Gasteiger partial charge in [0.05, 0.1) is 13.1 Å². The van der Waals surface area contributed by atoms with Crippen LogP contribution in [0.25, 0.3) is 0 Å². The van der Waals surface area contributed by atoms with Crippen LogP contribution < -0.4 is 0 Å². The second-order valence-corrected chi connectivity index (χ2v) is 7.21. The normalized spacial score (nSPS) is 11.2. The molecule has 0 atom stereocenters. The van der Waals surface area contributed by atoms with Crippen LogP contribution in [0.4, 0.5) is 0 Å². The highest BCUT2D eigenvalue weighted by Crippen LogP contribution is 2.04. The molecule has 0 fully saturated rings. The van der Waals surface area contributed by atoms with E-state index in [0.717, 1.165) is 53.6 Å². The van der Waals surface area contributed by atoms with E-state index in [1.165, 1.54) is 0 Å². The van der Waals surface area contributed by atoms with E-state index in [9.17, 15) is 0 Å². The number of hydrogen-bond acceptors (Lipinski definition) is 8. The lowest BCUT2D eigenvalue weighted by Crippen LogP contribution is -2.34. The highest BCUT2D eigenvalue weighted by Gasteiger charge is 2.12. The summed E-state index contributed by atoms with van der Waals surface area (Å²) in [4.78, 5) is 28.2. The molecule has 132 valence electrons. The molecule has 0 aliphatic carbocycles. The Balaban J connectivity index is 1.59. The maximum Gasteiger partial charge on any atom is 0.322 e. The minimum Gasteiger partial charge on any atom is -0.383 e. The van der Waals surface area contributed by atoms with Crippen molar-refractivity contribution in [2.75, 3.05) is 13.1 Å². The van der Waals surface area contributed by atoms with Crippen LogP contribution in [0.3, 0.4) is 0 Å². The molecule has 0 saturated carbocycles. The van der Waals surface area contributed by atoms with Gasteiger partial charge in [-0.3, -0.25) is 4.90 Å². The predicted octanol–water partition coefficient (Wildman–Crippen LogP) is 0.109. The SMILES string of the molecule is [AlH2][N](CCN(Cc1ncccn1)Cc1ncccn1)Cc1ncccn1. The van der Waals surface area contributed by atoms with Crippen LogP contribution in [0.15, 0.2) is 55.4 Å². The molecule has 0 spiro atoms. The van der Waals surface area contributed by atoms with Gasteiger partial charge < -0.3 is 3.88 Å². The first-order valence-electron chi connectivity index (χ1n) is 8.48. The van der Waals surface area contributed by atoms with Crippen molar-refractivity contribution in [3.8, 4) is 0 Å². The van der Waals surface area contributed by atoms with E-state index in [-0.39, 0.29) is 0 Å². The van der Waals surface area contributed by atoms with E-state index in [0.29, 0.717) is 13.1 Å². The Morgan fingerprint density at radius 3 is 1.38 bits per heavy atom. The third-order valence-corrected chi connectivity index (χ3v) is 4.56. The van der Waals surface area contributed by atoms with Crippen molar-refractivity contribution < 1.29 is 0 Å². The third kappa shape index (κ3) is 6.20. The van der Waals surface area contributed by atoms with Crippen molar-refractivity contribution in [2.24, 2.45) is 0 Å². The van der Waals surface area contributed by atoms with E-state index < -0.39 is 0 Å². The Hall–Kier alpha value is -2.31. The summed E-state index contributed by atoms with van der Waals surface area (Å²) in [6.45, 7) is 3.88. The summed E-state index contributed by atoms with van der Waals surface area (Å²) in [5.41, 5.74) is 0. The van der Waals surface area contributed by atoms with E-state index >= 15 is 0 Å². The van der Waals surface area contributed by atoms with E-state index in [4.69, 9.17) is 0 Å². The van der Waals surface area contributed by atoms with Crippen molar-refractivity contribution in [3.63, 3.8) is 0 Å². The van der Waals surface area contributed by atoms with Crippen molar-refractivity contribution in [1.82, 2.24) is 38.7 Å². The smallest absolute Gasteiger partial charge is 0.322 e. The fraction of sp³-hybridized carbons (Fsp3) is 0.294. The number of nitrogens with zero attached hydrogens (tertiary/aromatic N) is 8. The van der Waals surface area contributed by atoms with Crippen molar-refractivity contribution >= 4 is 16.5 Å². The fourth-order valence-corrected chi connectivity index (χ4v) is 2.96. The summed E-state index contributed by atoms with van der Waals surface area (Å²) in [7, 11) is 0. The summed E-state index contributed by atoms with van der Waals surface area (Å²) in [5, 5.41) is 0. The quantitative estimate of drug-likeness (QED) is 0.495. The van der Waals surface area contributed by atoms with Gasteiger partial charge in [0.15, 0.2) is 0 Å². The van der Waals surface area contributed by atoms with Gasteiger partial charge in [-0.05, 0) is 24.7 Å². The molecule has 26 heavy (non-hydrogen) atoms. The number of aromatic nitrogens is 6. The van der Waals surface area contributed by atoms with E-state index in [1.54, 1.807) is 37.2 Å². The minimum atomic E-state index is 0.663. The molecule has 0 unspecified atom stereocenters. The largest absolute Gasteiger partial charge is 0.383 e. The molecular formula is C17H21AlN8. The van der Waals surface area contributed by atoms with Crippen LogP contribution in [0.2, 0.25) is 0 Å². The predicted molar refractivity (Wildman–Crippen MR) is 99.2 cm³/mol. The van der Waals surface area contributed by atoms with E-state index in [1.807, 2.05) is 18.2 Å². The van der Waals surface area contributed by atoms with Crippen LogP contribution in [-0.2, 0) is 19.6 Å². The zero-order valence-electron chi connectivity index (χ0n) is 14.8. The lowest BCUT2D eigenvalue weighted by Gasteiger charge is -2.24. The first-order chi connectivity index (χ1) is 12.8. The van der Waals surface area contributed by atoms with Crippen LogP contribution >= 0.6 is 0 Å². The molecule has 0 radical (unpaired) electrons. The van der Waals surface area contributed by atoms with Gasteiger partial charge in [0.2, 0.25) is 0 Å². The number of rotatable bonds is 9. The molecule has 0 amide bonds. The summed E-state index contributed by atoms with van der Waals surface area (Å²) < 4.78 is 2.33. The van der Waals surface area contributed by atoms with Gasteiger partial charge in [-0.1, -0.05) is 0 Å². The fourth-order valence-electron chi connectivity index (χ4n) is 2.48. The standard InChI is InChI=1S/C17H19N8.Al.2H/c1-4-19-15(20-5-1)12-18-10-11-25(13-16-21-6-2-7-22-16)14-17-23-8-3-9-24-17;;;/h1-9H,10-14H2;;;/q-1;+1;;. The Morgan fingerprint density at radius 1 is 0.577 bits per heavy atom. The van der Waals surface area contributed by atoms with Gasteiger partial charge in [-0.15, -0.1) is 0 Å². The summed E-state index contributed by atoms with van der Waals surface area (Å²) in [5.74, 6) is 2.45. The highest BCUT2D eigenvalue weighted by molar-refractivity contribution is 6.04. The average Bonchev–Trinajstić information content (AvgIpc) is 2.68. The van der Waals surface area contributed by atoms with Gasteiger partial charge in [0.25, 0.3) is 0 Å². The molecule has 3 aromatic heterocycles.